The van der Waals surface area contributed by atoms with Crippen LogP contribution >= 0.6 is 0 Å². The predicted octanol–water partition coefficient (Wildman–Crippen LogP) is 2.02. The van der Waals surface area contributed by atoms with Gasteiger partial charge >= 0.3 is 0 Å². The Kier molecular flexibility index (Phi) is 3.42. The molecule has 0 unspecified atom stereocenters. The van der Waals surface area contributed by atoms with E-state index in [1.165, 1.54) is 0 Å². The molecule has 4 rings (SSSR count). The molecule has 7 nitrogen and oxygen atoms in total. The molecule has 2 aromatic carbocycles. The van der Waals surface area contributed by atoms with Crippen molar-refractivity contribution in [3.05, 3.63) is 30.3 Å². The monoisotopic (exact) mass is 327 g/mol. The molecule has 0 aliphatic carbocycles. The molecule has 0 fully saturated rings. The maximum atomic E-state index is 9.45. The quantitative estimate of drug-likeness (QED) is 0.712. The third kappa shape index (κ3) is 2.21. The molecule has 0 radical (unpaired) electrons. The average molecular weight is 327 g/mol. The van der Waals surface area contributed by atoms with Crippen molar-refractivity contribution in [3.8, 4) is 28.6 Å². The Morgan fingerprint density at radius 2 is 2.04 bits per heavy atom. The van der Waals surface area contributed by atoms with Gasteiger partial charge in [0.05, 0.1) is 30.4 Å². The molecule has 0 bridgehead atoms. The lowest BCUT2D eigenvalue weighted by atomic mass is 10.1. The van der Waals surface area contributed by atoms with Gasteiger partial charge in [-0.05, 0) is 18.2 Å². The van der Waals surface area contributed by atoms with Crippen molar-refractivity contribution in [3.63, 3.8) is 0 Å². The minimum Gasteiger partial charge on any atom is -0.495 e. The van der Waals surface area contributed by atoms with Gasteiger partial charge in [0.1, 0.15) is 11.6 Å². The van der Waals surface area contributed by atoms with Gasteiger partial charge in [-0.3, -0.25) is 0 Å². The number of methoxy groups -OCH3 is 1. The molecule has 0 saturated carbocycles. The van der Waals surface area contributed by atoms with Crippen molar-refractivity contribution < 1.29 is 19.3 Å². The van der Waals surface area contributed by atoms with Gasteiger partial charge in [-0.2, -0.15) is 0 Å². The number of nitrogens with two attached hydrogens (primary N) is 1. The van der Waals surface area contributed by atoms with E-state index in [0.717, 1.165) is 22.4 Å². The number of anilines is 1. The van der Waals surface area contributed by atoms with Crippen LogP contribution in [0.3, 0.4) is 0 Å². The SMILES string of the molecule is COc1ccc(-c2nc3cc4c(cc3n2CCO)OCO4)cc1N. The second-order valence-electron chi connectivity index (χ2n) is 5.46. The number of aromatic nitrogens is 2. The highest BCUT2D eigenvalue weighted by molar-refractivity contribution is 5.85. The van der Waals surface area contributed by atoms with Crippen molar-refractivity contribution in [2.45, 2.75) is 6.54 Å². The molecule has 1 aliphatic heterocycles. The molecule has 1 aliphatic rings. The summed E-state index contributed by atoms with van der Waals surface area (Å²) in [6.45, 7) is 0.625. The number of ether oxygens (including phenoxy) is 3. The van der Waals surface area contributed by atoms with Crippen LogP contribution in [0.4, 0.5) is 5.69 Å². The molecule has 0 spiro atoms. The second-order valence-corrected chi connectivity index (χ2v) is 5.46. The van der Waals surface area contributed by atoms with Crippen molar-refractivity contribution in [2.24, 2.45) is 0 Å². The normalized spacial score (nSPS) is 12.8. The fourth-order valence-corrected chi connectivity index (χ4v) is 2.93. The Hall–Kier alpha value is -2.93. The van der Waals surface area contributed by atoms with Crippen molar-refractivity contribution >= 4 is 16.7 Å². The predicted molar refractivity (Wildman–Crippen MR) is 89.3 cm³/mol. The molecular formula is C17H17N3O4. The van der Waals surface area contributed by atoms with Crippen molar-refractivity contribution in [2.75, 3.05) is 26.2 Å². The fourth-order valence-electron chi connectivity index (χ4n) is 2.93. The van der Waals surface area contributed by atoms with E-state index in [4.69, 9.17) is 24.9 Å². The molecule has 0 amide bonds. The number of rotatable bonds is 4. The number of benzene rings is 2. The standard InChI is InChI=1S/C17H17N3O4/c1-22-14-3-2-10(6-11(14)18)17-19-12-7-15-16(24-9-23-15)8-13(12)20(17)4-5-21/h2-3,6-8,21H,4-5,9,18H2,1H3. The molecule has 1 aromatic heterocycles. The molecule has 3 N–H and O–H groups in total. The van der Waals surface area contributed by atoms with Gasteiger partial charge in [0.2, 0.25) is 6.79 Å². The van der Waals surface area contributed by atoms with Gasteiger partial charge in [0.15, 0.2) is 11.5 Å². The highest BCUT2D eigenvalue weighted by Crippen LogP contribution is 2.38. The van der Waals surface area contributed by atoms with Crippen molar-refractivity contribution in [1.29, 1.82) is 0 Å². The Balaban J connectivity index is 1.91. The van der Waals surface area contributed by atoms with Crippen LogP contribution in [0.15, 0.2) is 30.3 Å². The summed E-state index contributed by atoms with van der Waals surface area (Å²) in [4.78, 5) is 4.70. The molecule has 2 heterocycles. The molecule has 7 heteroatoms. The van der Waals surface area contributed by atoms with Crippen molar-refractivity contribution in [1.82, 2.24) is 9.55 Å². The first-order chi connectivity index (χ1) is 11.7. The minimum absolute atomic E-state index is 0.00145. The zero-order valence-corrected chi connectivity index (χ0v) is 13.2. The zero-order valence-electron chi connectivity index (χ0n) is 13.2. The van der Waals surface area contributed by atoms with Crippen LogP contribution < -0.4 is 19.9 Å². The molecule has 124 valence electrons. The molecular weight excluding hydrogens is 310 g/mol. The number of fused-ring (bicyclic) bond motifs is 2. The lowest BCUT2D eigenvalue weighted by Crippen LogP contribution is -2.04. The number of nitrogen functional groups attached to an aromatic ring is 1. The second kappa shape index (κ2) is 5.61. The Morgan fingerprint density at radius 1 is 1.25 bits per heavy atom. The Bertz CT molecular complexity index is 920. The van der Waals surface area contributed by atoms with Crippen LogP contribution in [0.1, 0.15) is 0 Å². The van der Waals surface area contributed by atoms with Gasteiger partial charge in [0.25, 0.3) is 0 Å². The lowest BCUT2D eigenvalue weighted by molar-refractivity contribution is 0.174. The van der Waals surface area contributed by atoms with E-state index < -0.39 is 0 Å². The summed E-state index contributed by atoms with van der Waals surface area (Å²) in [5, 5.41) is 9.45. The van der Waals surface area contributed by atoms with E-state index in [1.807, 2.05) is 28.8 Å². The third-order valence-electron chi connectivity index (χ3n) is 4.05. The summed E-state index contributed by atoms with van der Waals surface area (Å²) in [5.41, 5.74) is 9.04. The topological polar surface area (TPSA) is 91.8 Å². The largest absolute Gasteiger partial charge is 0.495 e. The number of aliphatic hydroxyl groups is 1. The first-order valence-corrected chi connectivity index (χ1v) is 7.56. The molecule has 24 heavy (non-hydrogen) atoms. The maximum Gasteiger partial charge on any atom is 0.231 e. The molecule has 0 saturated heterocycles. The van der Waals surface area contributed by atoms with Gasteiger partial charge in [-0.15, -0.1) is 0 Å². The van der Waals surface area contributed by atoms with E-state index in [2.05, 4.69) is 0 Å². The Labute approximate surface area is 138 Å². The first-order valence-electron chi connectivity index (χ1n) is 7.56. The van der Waals surface area contributed by atoms with Gasteiger partial charge in [-0.1, -0.05) is 0 Å². The fraction of sp³-hybridized carbons (Fsp3) is 0.235. The van der Waals surface area contributed by atoms with Gasteiger partial charge in [-0.25, -0.2) is 4.98 Å². The van der Waals surface area contributed by atoms with Gasteiger partial charge < -0.3 is 29.6 Å². The van der Waals surface area contributed by atoms with Crippen LogP contribution in [-0.2, 0) is 6.54 Å². The number of hydrogen-bond acceptors (Lipinski definition) is 6. The number of imidazole rings is 1. The van der Waals surface area contributed by atoms with E-state index in [0.29, 0.717) is 29.5 Å². The first kappa shape index (κ1) is 14.6. The van der Waals surface area contributed by atoms with E-state index >= 15 is 0 Å². The van der Waals surface area contributed by atoms with Crippen LogP contribution in [-0.4, -0.2) is 35.2 Å². The summed E-state index contributed by atoms with van der Waals surface area (Å²) in [5.74, 6) is 2.70. The molecule has 0 atom stereocenters. The highest BCUT2D eigenvalue weighted by Gasteiger charge is 2.20. The lowest BCUT2D eigenvalue weighted by Gasteiger charge is -2.10. The highest BCUT2D eigenvalue weighted by atomic mass is 16.7. The number of hydrogen-bond donors (Lipinski definition) is 2. The summed E-state index contributed by atoms with van der Waals surface area (Å²) in [7, 11) is 1.58. The van der Waals surface area contributed by atoms with Gasteiger partial charge in [0, 0.05) is 24.2 Å². The Morgan fingerprint density at radius 3 is 2.75 bits per heavy atom. The summed E-state index contributed by atoms with van der Waals surface area (Å²) >= 11 is 0. The number of aliphatic hydroxyl groups excluding tert-OH is 1. The third-order valence-corrected chi connectivity index (χ3v) is 4.05. The van der Waals surface area contributed by atoms with Crippen LogP contribution in [0, 0.1) is 0 Å². The summed E-state index contributed by atoms with van der Waals surface area (Å²) in [6.07, 6.45) is 0. The summed E-state index contributed by atoms with van der Waals surface area (Å²) in [6, 6.07) is 9.25. The van der Waals surface area contributed by atoms with Crippen LogP contribution in [0.5, 0.6) is 17.2 Å². The summed E-state index contributed by atoms with van der Waals surface area (Å²) < 4.78 is 18.0. The number of nitrogens with zero attached hydrogens (tertiary/aromatic N) is 2. The average Bonchev–Trinajstić information content (AvgIpc) is 3.17. The van der Waals surface area contributed by atoms with Crippen LogP contribution in [0.25, 0.3) is 22.4 Å². The minimum atomic E-state index is -0.00145. The smallest absolute Gasteiger partial charge is 0.231 e. The van der Waals surface area contributed by atoms with Crippen LogP contribution in [0.2, 0.25) is 0 Å². The molecule has 3 aromatic rings. The van der Waals surface area contributed by atoms with E-state index in [-0.39, 0.29) is 13.4 Å². The van der Waals surface area contributed by atoms with E-state index in [1.54, 1.807) is 13.2 Å². The zero-order chi connectivity index (χ0) is 16.7. The van der Waals surface area contributed by atoms with E-state index in [9.17, 15) is 5.11 Å². The maximum absolute atomic E-state index is 9.45.